The van der Waals surface area contributed by atoms with Crippen LogP contribution in [0.3, 0.4) is 0 Å². The van der Waals surface area contributed by atoms with E-state index in [1.54, 1.807) is 14.1 Å². The number of aliphatic imine (C=N–C) groups is 1. The summed E-state index contributed by atoms with van der Waals surface area (Å²) in [4.78, 5) is 18.5. The molecule has 1 heterocycles. The monoisotopic (exact) mass is 380 g/mol. The van der Waals surface area contributed by atoms with Gasteiger partial charge in [0.25, 0.3) is 5.91 Å². The number of hydrogen-bond acceptors (Lipinski definition) is 3. The molecule has 1 saturated heterocycles. The van der Waals surface area contributed by atoms with Crippen LogP contribution < -0.4 is 15.4 Å². The number of nitrogens with zero attached hydrogens (tertiary/aromatic N) is 2. The molecule has 1 fully saturated rings. The van der Waals surface area contributed by atoms with Crippen LogP contribution >= 0.6 is 0 Å². The predicted molar refractivity (Wildman–Crippen MR) is 112 cm³/mol. The van der Waals surface area contributed by atoms with E-state index in [9.17, 15) is 4.79 Å². The zero-order valence-electron chi connectivity index (χ0n) is 16.5. The maximum Gasteiger partial charge on any atom is 0.251 e. The molecule has 28 heavy (non-hydrogen) atoms. The Labute approximate surface area is 166 Å². The summed E-state index contributed by atoms with van der Waals surface area (Å²) in [6, 6.07) is 17.6. The van der Waals surface area contributed by atoms with Gasteiger partial charge < -0.3 is 20.3 Å². The fraction of sp³-hybridized carbons (Fsp3) is 0.364. The van der Waals surface area contributed by atoms with Crippen molar-refractivity contribution < 1.29 is 9.53 Å². The number of para-hydroxylation sites is 1. The van der Waals surface area contributed by atoms with Gasteiger partial charge in [-0.1, -0.05) is 30.3 Å². The number of hydrogen-bond donors (Lipinski definition) is 2. The number of rotatable bonds is 5. The van der Waals surface area contributed by atoms with Gasteiger partial charge in [-0.25, -0.2) is 0 Å². The van der Waals surface area contributed by atoms with Crippen LogP contribution in [0.25, 0.3) is 0 Å². The van der Waals surface area contributed by atoms with Crippen LogP contribution in [-0.4, -0.2) is 50.1 Å². The lowest BCUT2D eigenvalue weighted by molar-refractivity contribution is 0.0963. The van der Waals surface area contributed by atoms with Crippen LogP contribution in [0.15, 0.2) is 59.6 Å². The highest BCUT2D eigenvalue weighted by atomic mass is 16.5. The second kappa shape index (κ2) is 9.78. The minimum Gasteiger partial charge on any atom is -0.490 e. The number of carbonyl (C=O) groups is 1. The molecule has 6 nitrogen and oxygen atoms in total. The number of amides is 1. The summed E-state index contributed by atoms with van der Waals surface area (Å²) < 4.78 is 6.07. The zero-order chi connectivity index (χ0) is 19.8. The highest BCUT2D eigenvalue weighted by Crippen LogP contribution is 2.18. The minimum absolute atomic E-state index is 0.0771. The average molecular weight is 380 g/mol. The molecular weight excluding hydrogens is 352 g/mol. The molecule has 0 aliphatic carbocycles. The summed E-state index contributed by atoms with van der Waals surface area (Å²) >= 11 is 0. The lowest BCUT2D eigenvalue weighted by Crippen LogP contribution is -2.47. The van der Waals surface area contributed by atoms with E-state index in [0.717, 1.165) is 43.2 Å². The van der Waals surface area contributed by atoms with Gasteiger partial charge in [0.1, 0.15) is 11.9 Å². The lowest BCUT2D eigenvalue weighted by atomic mass is 10.1. The maximum atomic E-state index is 11.8. The molecule has 0 atom stereocenters. The number of nitrogens with one attached hydrogen (secondary N) is 2. The maximum absolute atomic E-state index is 11.8. The van der Waals surface area contributed by atoms with Gasteiger partial charge >= 0.3 is 0 Å². The fourth-order valence-corrected chi connectivity index (χ4v) is 3.36. The summed E-state index contributed by atoms with van der Waals surface area (Å²) in [6.07, 6.45) is 2.16. The third-order valence-electron chi connectivity index (χ3n) is 4.87. The minimum atomic E-state index is -0.0771. The van der Waals surface area contributed by atoms with Gasteiger partial charge in [0.15, 0.2) is 5.96 Å². The Bertz CT molecular complexity index is 799. The number of guanidine groups is 1. The van der Waals surface area contributed by atoms with Crippen LogP contribution in [0.1, 0.15) is 28.8 Å². The van der Waals surface area contributed by atoms with E-state index in [1.807, 2.05) is 54.6 Å². The van der Waals surface area contributed by atoms with Crippen molar-refractivity contribution in [1.82, 2.24) is 15.5 Å². The standard InChI is InChI=1S/C22H28N4O2/c1-23-21(27)18-8-6-7-17(15-18)16-25-22(24-2)26-13-11-20(12-14-26)28-19-9-4-3-5-10-19/h3-10,15,20H,11-14,16H2,1-2H3,(H,23,27)(H,24,25). The van der Waals surface area contributed by atoms with Crippen molar-refractivity contribution in [2.75, 3.05) is 27.2 Å². The molecule has 148 valence electrons. The molecule has 0 bridgehead atoms. The fourth-order valence-electron chi connectivity index (χ4n) is 3.36. The SMILES string of the molecule is CN=C(NCc1cccc(C(=O)NC)c1)N1CCC(Oc2ccccc2)CC1. The normalized spacial score (nSPS) is 15.2. The number of benzene rings is 2. The Morgan fingerprint density at radius 2 is 1.89 bits per heavy atom. The van der Waals surface area contributed by atoms with Crippen molar-refractivity contribution in [3.63, 3.8) is 0 Å². The summed E-state index contributed by atoms with van der Waals surface area (Å²) in [7, 11) is 3.44. The Kier molecular flexibility index (Phi) is 6.89. The Morgan fingerprint density at radius 3 is 2.57 bits per heavy atom. The first-order valence-corrected chi connectivity index (χ1v) is 9.68. The third-order valence-corrected chi connectivity index (χ3v) is 4.87. The largest absolute Gasteiger partial charge is 0.490 e. The Hall–Kier alpha value is -3.02. The van der Waals surface area contributed by atoms with E-state index < -0.39 is 0 Å². The Balaban J connectivity index is 1.50. The van der Waals surface area contributed by atoms with Crippen molar-refractivity contribution in [3.8, 4) is 5.75 Å². The quantitative estimate of drug-likeness (QED) is 0.618. The lowest BCUT2D eigenvalue weighted by Gasteiger charge is -2.34. The van der Waals surface area contributed by atoms with Gasteiger partial charge in [-0.05, 0) is 29.8 Å². The summed E-state index contributed by atoms with van der Waals surface area (Å²) in [5.41, 5.74) is 1.71. The number of likely N-dealkylation sites (tertiary alicyclic amines) is 1. The number of carbonyl (C=O) groups excluding carboxylic acids is 1. The van der Waals surface area contributed by atoms with Crippen LogP contribution in [-0.2, 0) is 6.54 Å². The van der Waals surface area contributed by atoms with Crippen LogP contribution in [0, 0.1) is 0 Å². The van der Waals surface area contributed by atoms with Gasteiger partial charge in [0, 0.05) is 52.1 Å². The first kappa shape index (κ1) is 19.7. The van der Waals surface area contributed by atoms with Gasteiger partial charge in [-0.2, -0.15) is 0 Å². The molecule has 1 aliphatic rings. The third kappa shape index (κ3) is 5.25. The molecule has 0 aromatic heterocycles. The van der Waals surface area contributed by atoms with Crippen LogP contribution in [0.2, 0.25) is 0 Å². The van der Waals surface area contributed by atoms with E-state index >= 15 is 0 Å². The van der Waals surface area contributed by atoms with E-state index in [-0.39, 0.29) is 12.0 Å². The highest BCUT2D eigenvalue weighted by molar-refractivity contribution is 5.94. The Morgan fingerprint density at radius 1 is 1.14 bits per heavy atom. The van der Waals surface area contributed by atoms with E-state index in [1.165, 1.54) is 0 Å². The molecule has 0 unspecified atom stereocenters. The van der Waals surface area contributed by atoms with Gasteiger partial charge in [0.05, 0.1) is 0 Å². The van der Waals surface area contributed by atoms with Crippen LogP contribution in [0.4, 0.5) is 0 Å². The molecule has 6 heteroatoms. The first-order valence-electron chi connectivity index (χ1n) is 9.68. The van der Waals surface area contributed by atoms with Crippen molar-refractivity contribution >= 4 is 11.9 Å². The average Bonchev–Trinajstić information content (AvgIpc) is 2.75. The zero-order valence-corrected chi connectivity index (χ0v) is 16.5. The molecule has 1 amide bonds. The number of ether oxygens (including phenoxy) is 1. The van der Waals surface area contributed by atoms with Crippen molar-refractivity contribution in [3.05, 3.63) is 65.7 Å². The van der Waals surface area contributed by atoms with E-state index in [0.29, 0.717) is 12.1 Å². The van der Waals surface area contributed by atoms with Gasteiger partial charge in [0.2, 0.25) is 0 Å². The molecule has 2 N–H and O–H groups in total. The molecular formula is C22H28N4O2. The molecule has 0 spiro atoms. The predicted octanol–water partition coefficient (Wildman–Crippen LogP) is 2.67. The molecule has 2 aromatic carbocycles. The second-order valence-corrected chi connectivity index (χ2v) is 6.80. The summed E-state index contributed by atoms with van der Waals surface area (Å²) in [6.45, 7) is 2.42. The molecule has 3 rings (SSSR count). The van der Waals surface area contributed by atoms with Crippen molar-refractivity contribution in [2.45, 2.75) is 25.5 Å². The number of piperidine rings is 1. The molecule has 2 aromatic rings. The van der Waals surface area contributed by atoms with Crippen molar-refractivity contribution in [2.24, 2.45) is 4.99 Å². The van der Waals surface area contributed by atoms with Crippen molar-refractivity contribution in [1.29, 1.82) is 0 Å². The first-order chi connectivity index (χ1) is 13.7. The van der Waals surface area contributed by atoms with Gasteiger partial charge in [-0.3, -0.25) is 9.79 Å². The van der Waals surface area contributed by atoms with Crippen LogP contribution in [0.5, 0.6) is 5.75 Å². The molecule has 0 saturated carbocycles. The van der Waals surface area contributed by atoms with E-state index in [2.05, 4.69) is 20.5 Å². The molecule has 1 aliphatic heterocycles. The molecule has 0 radical (unpaired) electrons. The smallest absolute Gasteiger partial charge is 0.251 e. The topological polar surface area (TPSA) is 66.0 Å². The summed E-state index contributed by atoms with van der Waals surface area (Å²) in [5, 5.41) is 6.06. The van der Waals surface area contributed by atoms with E-state index in [4.69, 9.17) is 4.74 Å². The summed E-state index contributed by atoms with van der Waals surface area (Å²) in [5.74, 6) is 1.73. The van der Waals surface area contributed by atoms with Gasteiger partial charge in [-0.15, -0.1) is 0 Å². The second-order valence-electron chi connectivity index (χ2n) is 6.80. The highest BCUT2D eigenvalue weighted by Gasteiger charge is 2.22.